The number of amides is 1. The Labute approximate surface area is 116 Å². The number of benzene rings is 1. The molecule has 1 N–H and O–H groups in total. The molecule has 0 atom stereocenters. The molecule has 106 valence electrons. The zero-order chi connectivity index (χ0) is 15.0. The number of ether oxygens (including phenoxy) is 1. The summed E-state index contributed by atoms with van der Waals surface area (Å²) < 4.78 is 17.9. The summed E-state index contributed by atoms with van der Waals surface area (Å²) in [5.41, 5.74) is 0. The third-order valence-electron chi connectivity index (χ3n) is 2.36. The Morgan fingerprint density at radius 3 is 2.55 bits per heavy atom. The van der Waals surface area contributed by atoms with Gasteiger partial charge in [-0.1, -0.05) is 5.92 Å². The van der Waals surface area contributed by atoms with Crippen LogP contribution in [-0.2, 0) is 9.59 Å². The van der Waals surface area contributed by atoms with E-state index in [9.17, 15) is 14.0 Å². The molecule has 0 aliphatic heterocycles. The van der Waals surface area contributed by atoms with Gasteiger partial charge in [0.05, 0.1) is 19.6 Å². The number of carbonyl (C=O) groups excluding carboxylic acids is 1. The monoisotopic (exact) mass is 279 g/mol. The predicted molar refractivity (Wildman–Crippen MR) is 69.6 cm³/mol. The Balaban J connectivity index is 2.42. The molecule has 0 spiro atoms. The fraction of sp³-hybridized carbons (Fsp3) is 0.286. The number of carboxylic acids is 1. The molecule has 0 aromatic heterocycles. The van der Waals surface area contributed by atoms with Crippen molar-refractivity contribution in [2.45, 2.75) is 6.42 Å². The summed E-state index contributed by atoms with van der Waals surface area (Å²) in [4.78, 5) is 23.4. The Hall–Kier alpha value is -2.55. The van der Waals surface area contributed by atoms with Crippen LogP contribution in [0.5, 0.6) is 5.75 Å². The van der Waals surface area contributed by atoms with Crippen molar-refractivity contribution in [3.63, 3.8) is 0 Å². The van der Waals surface area contributed by atoms with Crippen molar-refractivity contribution in [1.29, 1.82) is 0 Å². The number of rotatable bonds is 7. The van der Waals surface area contributed by atoms with Crippen molar-refractivity contribution in [1.82, 2.24) is 4.90 Å². The molecule has 0 saturated carbocycles. The maximum Gasteiger partial charge on any atom is 0.323 e. The van der Waals surface area contributed by atoms with Gasteiger partial charge in [-0.3, -0.25) is 9.59 Å². The largest absolute Gasteiger partial charge is 0.493 e. The summed E-state index contributed by atoms with van der Waals surface area (Å²) >= 11 is 0. The summed E-state index contributed by atoms with van der Waals surface area (Å²) in [5, 5.41) is 8.66. The summed E-state index contributed by atoms with van der Waals surface area (Å²) in [6, 6.07) is 5.37. The molecule has 1 rings (SSSR count). The van der Waals surface area contributed by atoms with E-state index in [0.717, 1.165) is 4.90 Å². The minimum absolute atomic E-state index is 0.00760. The van der Waals surface area contributed by atoms with Crippen LogP contribution in [0, 0.1) is 18.2 Å². The van der Waals surface area contributed by atoms with E-state index < -0.39 is 18.4 Å². The molecule has 1 aromatic rings. The molecule has 0 unspecified atom stereocenters. The maximum absolute atomic E-state index is 12.7. The first kappa shape index (κ1) is 15.5. The molecule has 0 radical (unpaired) electrons. The van der Waals surface area contributed by atoms with E-state index in [1.807, 2.05) is 0 Å². The van der Waals surface area contributed by atoms with Gasteiger partial charge in [0.1, 0.15) is 18.1 Å². The summed E-state index contributed by atoms with van der Waals surface area (Å²) in [5.74, 6) is 0.738. The van der Waals surface area contributed by atoms with Gasteiger partial charge in [0, 0.05) is 0 Å². The highest BCUT2D eigenvalue weighted by atomic mass is 19.1. The van der Waals surface area contributed by atoms with E-state index in [1.165, 1.54) is 24.3 Å². The van der Waals surface area contributed by atoms with Crippen LogP contribution in [0.4, 0.5) is 4.39 Å². The van der Waals surface area contributed by atoms with E-state index in [1.54, 1.807) is 0 Å². The molecule has 0 aliphatic carbocycles. The summed E-state index contributed by atoms with van der Waals surface area (Å²) in [7, 11) is 0. The summed E-state index contributed by atoms with van der Waals surface area (Å²) in [6.45, 7) is -0.452. The number of carbonyl (C=O) groups is 2. The molecular formula is C14H14FNO4. The van der Waals surface area contributed by atoms with Crippen molar-refractivity contribution < 1.29 is 23.8 Å². The molecule has 0 bridgehead atoms. The van der Waals surface area contributed by atoms with Crippen LogP contribution >= 0.6 is 0 Å². The van der Waals surface area contributed by atoms with Crippen LogP contribution < -0.4 is 4.74 Å². The lowest BCUT2D eigenvalue weighted by Gasteiger charge is -2.17. The number of nitrogens with zero attached hydrogens (tertiary/aromatic N) is 1. The zero-order valence-corrected chi connectivity index (χ0v) is 10.7. The maximum atomic E-state index is 12.7. The quantitative estimate of drug-likeness (QED) is 0.760. The van der Waals surface area contributed by atoms with E-state index >= 15 is 0 Å². The van der Waals surface area contributed by atoms with Crippen LogP contribution in [-0.4, -0.2) is 41.6 Å². The van der Waals surface area contributed by atoms with Gasteiger partial charge in [-0.15, -0.1) is 6.42 Å². The van der Waals surface area contributed by atoms with E-state index in [2.05, 4.69) is 5.92 Å². The number of halogens is 1. The number of terminal acetylenes is 1. The van der Waals surface area contributed by atoms with Crippen LogP contribution in [0.2, 0.25) is 0 Å². The van der Waals surface area contributed by atoms with Gasteiger partial charge in [0.15, 0.2) is 0 Å². The third kappa shape index (κ3) is 5.40. The molecule has 0 aliphatic rings. The normalized spacial score (nSPS) is 9.60. The average Bonchev–Trinajstić information content (AvgIpc) is 2.40. The molecule has 5 nitrogen and oxygen atoms in total. The standard InChI is InChI=1S/C14H14FNO4/c1-2-8-16(10-14(18)19)13(17)7-9-20-12-5-3-11(15)4-6-12/h1,3-6H,7-10H2,(H,18,19). The Kier molecular flexibility index (Phi) is 6.04. The van der Waals surface area contributed by atoms with Crippen molar-refractivity contribution in [3.05, 3.63) is 30.1 Å². The minimum Gasteiger partial charge on any atom is -0.493 e. The molecule has 6 heteroatoms. The van der Waals surface area contributed by atoms with Crippen molar-refractivity contribution in [2.75, 3.05) is 19.7 Å². The molecular weight excluding hydrogens is 265 g/mol. The van der Waals surface area contributed by atoms with Gasteiger partial charge in [0.25, 0.3) is 0 Å². The molecule has 1 amide bonds. The zero-order valence-electron chi connectivity index (χ0n) is 10.7. The SMILES string of the molecule is C#CCN(CC(=O)O)C(=O)CCOc1ccc(F)cc1. The van der Waals surface area contributed by atoms with Crippen LogP contribution in [0.15, 0.2) is 24.3 Å². The van der Waals surface area contributed by atoms with Crippen molar-refractivity contribution in [3.8, 4) is 18.1 Å². The van der Waals surface area contributed by atoms with Gasteiger partial charge in [-0.2, -0.15) is 0 Å². The lowest BCUT2D eigenvalue weighted by atomic mass is 10.3. The van der Waals surface area contributed by atoms with Crippen molar-refractivity contribution in [2.24, 2.45) is 0 Å². The second kappa shape index (κ2) is 7.79. The lowest BCUT2D eigenvalue weighted by Crippen LogP contribution is -2.36. The highest BCUT2D eigenvalue weighted by Crippen LogP contribution is 2.11. The number of carboxylic acid groups (broad SMARTS) is 1. The number of aliphatic carboxylic acids is 1. The van der Waals surface area contributed by atoms with E-state index in [-0.39, 0.29) is 25.4 Å². The topological polar surface area (TPSA) is 66.8 Å². The summed E-state index contributed by atoms with van der Waals surface area (Å²) in [6.07, 6.45) is 5.07. The second-order valence-electron chi connectivity index (χ2n) is 3.90. The second-order valence-corrected chi connectivity index (χ2v) is 3.90. The first-order valence-corrected chi connectivity index (χ1v) is 5.84. The molecule has 1 aromatic carbocycles. The fourth-order valence-corrected chi connectivity index (χ4v) is 1.45. The molecule has 0 saturated heterocycles. The Bertz CT molecular complexity index is 507. The minimum atomic E-state index is -1.13. The van der Waals surface area contributed by atoms with Crippen LogP contribution in [0.1, 0.15) is 6.42 Å². The molecule has 0 fully saturated rings. The first-order chi connectivity index (χ1) is 9.52. The third-order valence-corrected chi connectivity index (χ3v) is 2.36. The van der Waals surface area contributed by atoms with E-state index in [4.69, 9.17) is 16.3 Å². The number of hydrogen-bond donors (Lipinski definition) is 1. The first-order valence-electron chi connectivity index (χ1n) is 5.84. The van der Waals surface area contributed by atoms with Gasteiger partial charge < -0.3 is 14.7 Å². The highest BCUT2D eigenvalue weighted by molar-refractivity contribution is 5.81. The van der Waals surface area contributed by atoms with Crippen LogP contribution in [0.3, 0.4) is 0 Å². The lowest BCUT2D eigenvalue weighted by molar-refractivity contribution is -0.144. The van der Waals surface area contributed by atoms with Gasteiger partial charge in [-0.25, -0.2) is 4.39 Å². The fourth-order valence-electron chi connectivity index (χ4n) is 1.45. The Morgan fingerprint density at radius 2 is 2.00 bits per heavy atom. The number of hydrogen-bond acceptors (Lipinski definition) is 3. The molecule has 20 heavy (non-hydrogen) atoms. The van der Waals surface area contributed by atoms with E-state index in [0.29, 0.717) is 5.75 Å². The average molecular weight is 279 g/mol. The van der Waals surface area contributed by atoms with Gasteiger partial charge in [-0.05, 0) is 24.3 Å². The van der Waals surface area contributed by atoms with Gasteiger partial charge >= 0.3 is 5.97 Å². The predicted octanol–water partition coefficient (Wildman–Crippen LogP) is 1.14. The highest BCUT2D eigenvalue weighted by Gasteiger charge is 2.15. The van der Waals surface area contributed by atoms with Gasteiger partial charge in [0.2, 0.25) is 5.91 Å². The van der Waals surface area contributed by atoms with Crippen LogP contribution in [0.25, 0.3) is 0 Å². The van der Waals surface area contributed by atoms with Crippen molar-refractivity contribution >= 4 is 11.9 Å². The smallest absolute Gasteiger partial charge is 0.323 e. The Morgan fingerprint density at radius 1 is 1.35 bits per heavy atom. The molecule has 0 heterocycles.